The fourth-order valence-electron chi connectivity index (χ4n) is 4.22. The second kappa shape index (κ2) is 15.0. The molecule has 1 saturated heterocycles. The van der Waals surface area contributed by atoms with Gasteiger partial charge < -0.3 is 10.2 Å². The first-order chi connectivity index (χ1) is 15.1. The van der Waals surface area contributed by atoms with Crippen LogP contribution in [-0.2, 0) is 6.54 Å². The van der Waals surface area contributed by atoms with Crippen molar-refractivity contribution in [3.05, 3.63) is 35.4 Å². The van der Waals surface area contributed by atoms with Crippen molar-refractivity contribution in [1.82, 2.24) is 10.2 Å². The van der Waals surface area contributed by atoms with Gasteiger partial charge in [0.05, 0.1) is 17.7 Å². The Hall–Kier alpha value is -1.88. The van der Waals surface area contributed by atoms with Crippen molar-refractivity contribution in [2.75, 3.05) is 19.6 Å². The number of benzene rings is 1. The van der Waals surface area contributed by atoms with Crippen LogP contribution in [-0.4, -0.2) is 30.6 Å². The van der Waals surface area contributed by atoms with Crippen molar-refractivity contribution >= 4 is 0 Å². The van der Waals surface area contributed by atoms with Crippen LogP contribution in [0.25, 0.3) is 0 Å². The molecule has 0 radical (unpaired) electrons. The lowest BCUT2D eigenvalue weighted by atomic mass is 9.82. The normalized spacial score (nSPS) is 22.5. The molecule has 1 aromatic carbocycles. The van der Waals surface area contributed by atoms with Gasteiger partial charge >= 0.3 is 0 Å². The summed E-state index contributed by atoms with van der Waals surface area (Å²) in [5.74, 6) is 0.882. The predicted octanol–water partition coefficient (Wildman–Crippen LogP) is 6.52. The minimum Gasteiger partial charge on any atom is -0.310 e. The Morgan fingerprint density at radius 3 is 2.23 bits per heavy atom. The van der Waals surface area contributed by atoms with Gasteiger partial charge in [0.25, 0.3) is 0 Å². The Bertz CT molecular complexity index is 686. The molecule has 1 aliphatic heterocycles. The number of hydrogen-bond donors (Lipinski definition) is 1. The predicted molar refractivity (Wildman–Crippen MR) is 133 cm³/mol. The maximum absolute atomic E-state index is 8.76. The number of hydrogen-bond acceptors (Lipinski definition) is 4. The van der Waals surface area contributed by atoms with E-state index in [4.69, 9.17) is 10.5 Å². The van der Waals surface area contributed by atoms with Gasteiger partial charge in [-0.25, -0.2) is 0 Å². The van der Waals surface area contributed by atoms with E-state index in [9.17, 15) is 0 Å². The Labute approximate surface area is 193 Å². The van der Waals surface area contributed by atoms with E-state index in [-0.39, 0.29) is 1.43 Å². The van der Waals surface area contributed by atoms with Crippen molar-refractivity contribution in [1.29, 1.82) is 10.5 Å². The summed E-state index contributed by atoms with van der Waals surface area (Å²) in [7, 11) is 0. The van der Waals surface area contributed by atoms with Crippen molar-refractivity contribution in [3.63, 3.8) is 0 Å². The van der Waals surface area contributed by atoms with Gasteiger partial charge in [-0.1, -0.05) is 46.8 Å². The smallest absolute Gasteiger partial charge is 0.0991 e. The van der Waals surface area contributed by atoms with Crippen molar-refractivity contribution in [2.45, 2.75) is 92.2 Å². The second-order valence-corrected chi connectivity index (χ2v) is 8.72. The average Bonchev–Trinajstić information content (AvgIpc) is 3.58. The molecule has 1 N–H and O–H groups in total. The largest absolute Gasteiger partial charge is 0.310 e. The molecule has 0 bridgehead atoms. The lowest BCUT2D eigenvalue weighted by molar-refractivity contribution is 0.176. The molecule has 2 saturated carbocycles. The highest BCUT2D eigenvalue weighted by Gasteiger charge is 2.44. The minimum atomic E-state index is 0. The molecule has 3 aliphatic rings. The first kappa shape index (κ1) is 27.2. The van der Waals surface area contributed by atoms with E-state index in [0.29, 0.717) is 12.5 Å². The van der Waals surface area contributed by atoms with Gasteiger partial charge in [0.1, 0.15) is 0 Å². The Balaban J connectivity index is 0.000000514. The molecule has 4 rings (SSSR count). The van der Waals surface area contributed by atoms with Gasteiger partial charge in [0, 0.05) is 27.0 Å². The Kier molecular flexibility index (Phi) is 13.1. The lowest BCUT2D eigenvalue weighted by Crippen LogP contribution is -2.39. The lowest BCUT2D eigenvalue weighted by Gasteiger charge is -2.33. The molecule has 31 heavy (non-hydrogen) atoms. The third-order valence-electron chi connectivity index (χ3n) is 6.44. The van der Waals surface area contributed by atoms with Crippen LogP contribution in [0.4, 0.5) is 0 Å². The van der Waals surface area contributed by atoms with E-state index in [1.165, 1.54) is 57.2 Å². The summed E-state index contributed by atoms with van der Waals surface area (Å²) in [5.41, 5.74) is 2.73. The molecule has 1 heterocycles. The zero-order chi connectivity index (χ0) is 23.1. The molecular weight excluding hydrogens is 380 g/mol. The molecule has 2 aliphatic carbocycles. The van der Waals surface area contributed by atoms with Gasteiger partial charge in [0.15, 0.2) is 0 Å². The highest BCUT2D eigenvalue weighted by Crippen LogP contribution is 2.53. The first-order valence-corrected chi connectivity index (χ1v) is 12.4. The Morgan fingerprint density at radius 1 is 1.06 bits per heavy atom. The SMILES string of the molecule is CC.CC.CC1CC(NCc2cccc(C#N)c2)C1.N#CCCN1CCC2(CC1)CC2.[HH]. The van der Waals surface area contributed by atoms with Crippen LogP contribution in [0.5, 0.6) is 0 Å². The zero-order valence-corrected chi connectivity index (χ0v) is 20.6. The standard InChI is InChI=1S/C13H16N2.C10H16N2.2C2H6.H2/c1-10-5-13(6-10)15-9-12-4-2-3-11(7-12)8-14;11-6-1-7-12-8-4-10(2-3-10)5-9-12;2*1-2;/h2-4,7,10,13,15H,5-6,9H2,1H3;1-5,7-9H2;2*1-2H3;1H. The molecule has 4 heteroatoms. The number of rotatable bonds is 5. The highest BCUT2D eigenvalue weighted by atomic mass is 15.1. The van der Waals surface area contributed by atoms with Crippen molar-refractivity contribution in [3.8, 4) is 12.1 Å². The van der Waals surface area contributed by atoms with Crippen LogP contribution in [0.15, 0.2) is 24.3 Å². The second-order valence-electron chi connectivity index (χ2n) is 8.72. The van der Waals surface area contributed by atoms with E-state index in [1.807, 2.05) is 45.9 Å². The molecule has 0 atom stereocenters. The van der Waals surface area contributed by atoms with Crippen LogP contribution >= 0.6 is 0 Å². The van der Waals surface area contributed by atoms with Gasteiger partial charge in [-0.05, 0) is 80.6 Å². The van der Waals surface area contributed by atoms with Crippen LogP contribution in [0.1, 0.15) is 92.1 Å². The summed E-state index contributed by atoms with van der Waals surface area (Å²) in [5, 5.41) is 20.7. The number of nitriles is 2. The van der Waals surface area contributed by atoms with Crippen LogP contribution in [0.3, 0.4) is 0 Å². The van der Waals surface area contributed by atoms with Crippen molar-refractivity contribution in [2.24, 2.45) is 11.3 Å². The fourth-order valence-corrected chi connectivity index (χ4v) is 4.22. The van der Waals surface area contributed by atoms with Gasteiger partial charge in [-0.3, -0.25) is 0 Å². The van der Waals surface area contributed by atoms with E-state index >= 15 is 0 Å². The fraction of sp³-hybridized carbons (Fsp3) is 0.704. The molecule has 0 amide bonds. The topological polar surface area (TPSA) is 62.9 Å². The van der Waals surface area contributed by atoms with Gasteiger partial charge in [-0.15, -0.1) is 0 Å². The van der Waals surface area contributed by atoms with E-state index in [2.05, 4.69) is 35.3 Å². The zero-order valence-electron chi connectivity index (χ0n) is 20.6. The summed E-state index contributed by atoms with van der Waals surface area (Å²) >= 11 is 0. The first-order valence-electron chi connectivity index (χ1n) is 12.4. The van der Waals surface area contributed by atoms with Crippen LogP contribution < -0.4 is 5.32 Å². The number of likely N-dealkylation sites (tertiary alicyclic amines) is 1. The monoisotopic (exact) mass is 426 g/mol. The highest BCUT2D eigenvalue weighted by molar-refractivity contribution is 5.32. The summed E-state index contributed by atoms with van der Waals surface area (Å²) < 4.78 is 0. The summed E-state index contributed by atoms with van der Waals surface area (Å²) in [4.78, 5) is 2.44. The maximum Gasteiger partial charge on any atom is 0.0991 e. The van der Waals surface area contributed by atoms with Crippen LogP contribution in [0.2, 0.25) is 0 Å². The van der Waals surface area contributed by atoms with E-state index < -0.39 is 0 Å². The Morgan fingerprint density at radius 2 is 1.71 bits per heavy atom. The molecular formula is C27H46N4. The summed E-state index contributed by atoms with van der Waals surface area (Å²) in [6, 6.07) is 12.9. The van der Waals surface area contributed by atoms with E-state index in [1.54, 1.807) is 0 Å². The van der Waals surface area contributed by atoms with Gasteiger partial charge in [0.2, 0.25) is 0 Å². The number of piperidine rings is 1. The minimum absolute atomic E-state index is 0. The number of nitrogens with zero attached hydrogens (tertiary/aromatic N) is 3. The summed E-state index contributed by atoms with van der Waals surface area (Å²) in [6.07, 6.45) is 9.00. The third-order valence-corrected chi connectivity index (χ3v) is 6.44. The maximum atomic E-state index is 8.76. The molecule has 3 fully saturated rings. The van der Waals surface area contributed by atoms with Gasteiger partial charge in [-0.2, -0.15) is 10.5 Å². The van der Waals surface area contributed by atoms with Crippen LogP contribution in [0, 0.1) is 34.0 Å². The molecule has 1 spiro atoms. The third kappa shape index (κ3) is 9.86. The quantitative estimate of drug-likeness (QED) is 0.582. The average molecular weight is 427 g/mol. The molecule has 4 nitrogen and oxygen atoms in total. The molecule has 0 unspecified atom stereocenters. The van der Waals surface area contributed by atoms with E-state index in [0.717, 1.165) is 30.0 Å². The molecule has 0 aromatic heterocycles. The molecule has 1 aromatic rings. The number of nitrogens with one attached hydrogen (secondary N) is 1. The summed E-state index contributed by atoms with van der Waals surface area (Å²) in [6.45, 7) is 14.6. The molecule has 174 valence electrons. The van der Waals surface area contributed by atoms with Crippen molar-refractivity contribution < 1.29 is 1.43 Å².